The number of hydrogen-bond acceptors (Lipinski definition) is 4. The molecule has 1 aromatic carbocycles. The van der Waals surface area contributed by atoms with Crippen LogP contribution in [0.4, 0.5) is 0 Å². The van der Waals surface area contributed by atoms with Crippen LogP contribution in [-0.2, 0) is 9.53 Å². The van der Waals surface area contributed by atoms with Crippen LogP contribution < -0.4 is 4.74 Å². The normalized spacial score (nSPS) is 11.9. The Kier molecular flexibility index (Phi) is 5.49. The van der Waals surface area contributed by atoms with Crippen molar-refractivity contribution in [1.29, 1.82) is 0 Å². The van der Waals surface area contributed by atoms with E-state index >= 15 is 0 Å². The predicted molar refractivity (Wildman–Crippen MR) is 63.8 cm³/mol. The number of methoxy groups -OCH3 is 1. The molecule has 1 atom stereocenters. The van der Waals surface area contributed by atoms with Gasteiger partial charge < -0.3 is 14.6 Å². The Labute approximate surface area is 101 Å². The standard InChI is InChI=1S/C13H18O4/c1-10(14)11-5-3-6-12(9-11)17-8-4-7-13(15)16-2/h3,5-6,9-10,14H,4,7-8H2,1-2H3. The van der Waals surface area contributed by atoms with Crippen molar-refractivity contribution in [3.63, 3.8) is 0 Å². The molecule has 0 saturated heterocycles. The average molecular weight is 238 g/mol. The van der Waals surface area contributed by atoms with Crippen molar-refractivity contribution >= 4 is 5.97 Å². The van der Waals surface area contributed by atoms with Gasteiger partial charge >= 0.3 is 5.97 Å². The maximum absolute atomic E-state index is 10.9. The number of carbonyl (C=O) groups excluding carboxylic acids is 1. The average Bonchev–Trinajstić information content (AvgIpc) is 2.34. The first-order valence-electron chi connectivity index (χ1n) is 5.61. The molecule has 17 heavy (non-hydrogen) atoms. The molecule has 4 heteroatoms. The van der Waals surface area contributed by atoms with Gasteiger partial charge in [-0.25, -0.2) is 0 Å². The number of rotatable bonds is 6. The maximum atomic E-state index is 10.9. The third-order valence-corrected chi connectivity index (χ3v) is 2.36. The highest BCUT2D eigenvalue weighted by Crippen LogP contribution is 2.18. The van der Waals surface area contributed by atoms with Crippen molar-refractivity contribution in [3.05, 3.63) is 29.8 Å². The molecule has 0 spiro atoms. The van der Waals surface area contributed by atoms with Crippen LogP contribution in [0.25, 0.3) is 0 Å². The number of carbonyl (C=O) groups is 1. The van der Waals surface area contributed by atoms with E-state index in [1.165, 1.54) is 7.11 Å². The summed E-state index contributed by atoms with van der Waals surface area (Å²) in [6.07, 6.45) is 0.465. The smallest absolute Gasteiger partial charge is 0.305 e. The zero-order valence-corrected chi connectivity index (χ0v) is 10.2. The molecule has 0 aliphatic heterocycles. The SMILES string of the molecule is COC(=O)CCCOc1cccc(C(C)O)c1. The highest BCUT2D eigenvalue weighted by atomic mass is 16.5. The first-order valence-corrected chi connectivity index (χ1v) is 5.61. The zero-order chi connectivity index (χ0) is 12.7. The lowest BCUT2D eigenvalue weighted by atomic mass is 10.1. The molecule has 0 heterocycles. The molecule has 4 nitrogen and oxygen atoms in total. The van der Waals surface area contributed by atoms with Gasteiger partial charge in [0, 0.05) is 6.42 Å². The van der Waals surface area contributed by atoms with Crippen LogP contribution in [0.5, 0.6) is 5.75 Å². The van der Waals surface area contributed by atoms with Gasteiger partial charge in [0.25, 0.3) is 0 Å². The monoisotopic (exact) mass is 238 g/mol. The zero-order valence-electron chi connectivity index (χ0n) is 10.2. The Morgan fingerprint density at radius 1 is 1.47 bits per heavy atom. The molecule has 0 bridgehead atoms. The van der Waals surface area contributed by atoms with Crippen LogP contribution in [-0.4, -0.2) is 24.8 Å². The number of esters is 1. The molecular formula is C13H18O4. The van der Waals surface area contributed by atoms with E-state index in [9.17, 15) is 9.90 Å². The van der Waals surface area contributed by atoms with E-state index in [-0.39, 0.29) is 5.97 Å². The fraction of sp³-hybridized carbons (Fsp3) is 0.462. The van der Waals surface area contributed by atoms with Crippen molar-refractivity contribution in [2.75, 3.05) is 13.7 Å². The topological polar surface area (TPSA) is 55.8 Å². The van der Waals surface area contributed by atoms with Gasteiger partial charge in [0.05, 0.1) is 19.8 Å². The van der Waals surface area contributed by atoms with E-state index < -0.39 is 6.10 Å². The summed E-state index contributed by atoms with van der Waals surface area (Å²) in [5.74, 6) is 0.472. The molecule has 1 unspecified atom stereocenters. The van der Waals surface area contributed by atoms with Crippen molar-refractivity contribution < 1.29 is 19.4 Å². The largest absolute Gasteiger partial charge is 0.494 e. The van der Waals surface area contributed by atoms with Crippen LogP contribution in [0.2, 0.25) is 0 Å². The Bertz CT molecular complexity index is 360. The molecular weight excluding hydrogens is 220 g/mol. The molecule has 0 fully saturated rings. The molecule has 94 valence electrons. The highest BCUT2D eigenvalue weighted by Gasteiger charge is 2.03. The van der Waals surface area contributed by atoms with Gasteiger partial charge in [0.2, 0.25) is 0 Å². The molecule has 0 saturated carbocycles. The molecule has 0 radical (unpaired) electrons. The van der Waals surface area contributed by atoms with E-state index in [1.807, 2.05) is 18.2 Å². The second-order valence-corrected chi connectivity index (χ2v) is 3.78. The summed E-state index contributed by atoms with van der Waals surface area (Å²) in [6.45, 7) is 2.16. The number of benzene rings is 1. The summed E-state index contributed by atoms with van der Waals surface area (Å²) in [5, 5.41) is 9.41. The fourth-order valence-corrected chi connectivity index (χ4v) is 1.37. The van der Waals surface area contributed by atoms with E-state index in [1.54, 1.807) is 13.0 Å². The lowest BCUT2D eigenvalue weighted by Gasteiger charge is -2.09. The van der Waals surface area contributed by atoms with Crippen molar-refractivity contribution in [1.82, 2.24) is 0 Å². The van der Waals surface area contributed by atoms with Crippen LogP contribution in [0.1, 0.15) is 31.4 Å². The number of hydrogen-bond donors (Lipinski definition) is 1. The van der Waals surface area contributed by atoms with Gasteiger partial charge in [0.15, 0.2) is 0 Å². The minimum absolute atomic E-state index is 0.230. The second-order valence-electron chi connectivity index (χ2n) is 3.78. The number of aliphatic hydroxyl groups excluding tert-OH is 1. The molecule has 0 aliphatic rings. The second kappa shape index (κ2) is 6.91. The Hall–Kier alpha value is -1.55. The Morgan fingerprint density at radius 2 is 2.24 bits per heavy atom. The van der Waals surface area contributed by atoms with Crippen molar-refractivity contribution in [2.45, 2.75) is 25.9 Å². The minimum Gasteiger partial charge on any atom is -0.494 e. The highest BCUT2D eigenvalue weighted by molar-refractivity contribution is 5.69. The van der Waals surface area contributed by atoms with Crippen molar-refractivity contribution in [3.8, 4) is 5.75 Å². The maximum Gasteiger partial charge on any atom is 0.305 e. The van der Waals surface area contributed by atoms with Gasteiger partial charge in [0.1, 0.15) is 5.75 Å². The quantitative estimate of drug-likeness (QED) is 0.609. The molecule has 1 N–H and O–H groups in total. The fourth-order valence-electron chi connectivity index (χ4n) is 1.37. The Morgan fingerprint density at radius 3 is 2.88 bits per heavy atom. The van der Waals surface area contributed by atoms with Gasteiger partial charge in [-0.2, -0.15) is 0 Å². The Balaban J connectivity index is 2.36. The first kappa shape index (κ1) is 13.5. The van der Waals surface area contributed by atoms with Crippen LogP contribution in [0.3, 0.4) is 0 Å². The predicted octanol–water partition coefficient (Wildman–Crippen LogP) is 2.07. The van der Waals surface area contributed by atoms with Crippen LogP contribution in [0.15, 0.2) is 24.3 Å². The van der Waals surface area contributed by atoms with E-state index in [4.69, 9.17) is 4.74 Å². The van der Waals surface area contributed by atoms with Gasteiger partial charge in [-0.3, -0.25) is 4.79 Å². The lowest BCUT2D eigenvalue weighted by molar-refractivity contribution is -0.140. The van der Waals surface area contributed by atoms with Gasteiger partial charge in [-0.05, 0) is 31.0 Å². The van der Waals surface area contributed by atoms with Crippen LogP contribution in [0, 0.1) is 0 Å². The summed E-state index contributed by atoms with van der Waals surface area (Å²) in [4.78, 5) is 10.9. The third kappa shape index (κ3) is 4.87. The number of aliphatic hydroxyl groups is 1. The molecule has 1 aromatic rings. The molecule has 0 amide bonds. The van der Waals surface area contributed by atoms with E-state index in [2.05, 4.69) is 4.74 Å². The summed E-state index contributed by atoms with van der Waals surface area (Å²) in [6, 6.07) is 7.29. The molecule has 0 aromatic heterocycles. The summed E-state index contributed by atoms with van der Waals surface area (Å²) < 4.78 is 10.00. The summed E-state index contributed by atoms with van der Waals surface area (Å²) >= 11 is 0. The summed E-state index contributed by atoms with van der Waals surface area (Å²) in [5.41, 5.74) is 0.815. The van der Waals surface area contributed by atoms with E-state index in [0.717, 1.165) is 5.56 Å². The third-order valence-electron chi connectivity index (χ3n) is 2.36. The summed E-state index contributed by atoms with van der Waals surface area (Å²) in [7, 11) is 1.37. The van der Waals surface area contributed by atoms with Crippen molar-refractivity contribution in [2.24, 2.45) is 0 Å². The van der Waals surface area contributed by atoms with Crippen LogP contribution >= 0.6 is 0 Å². The molecule has 0 aliphatic carbocycles. The van der Waals surface area contributed by atoms with Gasteiger partial charge in [-0.15, -0.1) is 0 Å². The lowest BCUT2D eigenvalue weighted by Crippen LogP contribution is -2.04. The molecule has 1 rings (SSSR count). The first-order chi connectivity index (χ1) is 8.13. The van der Waals surface area contributed by atoms with E-state index in [0.29, 0.717) is 25.2 Å². The van der Waals surface area contributed by atoms with Gasteiger partial charge in [-0.1, -0.05) is 12.1 Å². The number of ether oxygens (including phenoxy) is 2. The minimum atomic E-state index is -0.506.